The SMILES string of the molecule is c1cc(SC2CS2)ccc1Sc1ccc(SC2CS2)cc1. The van der Waals surface area contributed by atoms with Gasteiger partial charge in [-0.15, -0.1) is 47.0 Å². The van der Waals surface area contributed by atoms with Crippen LogP contribution < -0.4 is 0 Å². The van der Waals surface area contributed by atoms with Crippen LogP contribution >= 0.6 is 58.8 Å². The molecule has 5 heteroatoms. The average molecular weight is 367 g/mol. The minimum Gasteiger partial charge on any atom is -0.144 e. The molecule has 2 fully saturated rings. The molecule has 108 valence electrons. The maximum atomic E-state index is 2.25. The van der Waals surface area contributed by atoms with Gasteiger partial charge in [0.2, 0.25) is 0 Å². The van der Waals surface area contributed by atoms with Crippen LogP contribution in [-0.4, -0.2) is 20.7 Å². The van der Waals surface area contributed by atoms with E-state index in [2.05, 4.69) is 48.5 Å². The molecular weight excluding hydrogens is 353 g/mol. The van der Waals surface area contributed by atoms with E-state index in [1.54, 1.807) is 0 Å². The zero-order chi connectivity index (χ0) is 14.1. The first-order valence-corrected chi connectivity index (χ1v) is 11.5. The average Bonchev–Trinajstić information content (AvgIpc) is 3.40. The van der Waals surface area contributed by atoms with E-state index in [9.17, 15) is 0 Å². The molecule has 0 bridgehead atoms. The van der Waals surface area contributed by atoms with Gasteiger partial charge in [0.15, 0.2) is 0 Å². The second kappa shape index (κ2) is 6.75. The first-order valence-electron chi connectivity index (χ1n) is 6.80. The van der Waals surface area contributed by atoms with E-state index in [4.69, 9.17) is 0 Å². The maximum Gasteiger partial charge on any atom is 0.0641 e. The largest absolute Gasteiger partial charge is 0.144 e. The fourth-order valence-electron chi connectivity index (χ4n) is 1.83. The van der Waals surface area contributed by atoms with Crippen LogP contribution in [0.15, 0.2) is 68.1 Å². The van der Waals surface area contributed by atoms with Crippen LogP contribution in [0.2, 0.25) is 0 Å². The van der Waals surface area contributed by atoms with E-state index in [0.29, 0.717) is 0 Å². The zero-order valence-electron chi connectivity index (χ0n) is 11.2. The number of hydrogen-bond donors (Lipinski definition) is 0. The highest BCUT2D eigenvalue weighted by molar-refractivity contribution is 8.23. The van der Waals surface area contributed by atoms with Crippen molar-refractivity contribution in [3.05, 3.63) is 48.5 Å². The Labute approximate surface area is 147 Å². The third kappa shape index (κ3) is 4.58. The van der Waals surface area contributed by atoms with Gasteiger partial charge in [-0.25, -0.2) is 0 Å². The summed E-state index contributed by atoms with van der Waals surface area (Å²) in [6, 6.07) is 18.0. The van der Waals surface area contributed by atoms with Gasteiger partial charge in [0.25, 0.3) is 0 Å². The molecule has 0 N–H and O–H groups in total. The molecule has 0 radical (unpaired) electrons. The molecular formula is C16H14S5. The van der Waals surface area contributed by atoms with E-state index in [0.717, 1.165) is 9.16 Å². The summed E-state index contributed by atoms with van der Waals surface area (Å²) in [4.78, 5) is 5.42. The monoisotopic (exact) mass is 366 g/mol. The molecule has 2 heterocycles. The van der Waals surface area contributed by atoms with Crippen LogP contribution in [-0.2, 0) is 0 Å². The normalized spacial score (nSPS) is 23.0. The van der Waals surface area contributed by atoms with Gasteiger partial charge in [-0.05, 0) is 48.5 Å². The third-order valence-electron chi connectivity index (χ3n) is 3.02. The molecule has 0 amide bonds. The minimum atomic E-state index is 0.804. The first kappa shape index (κ1) is 14.8. The fourth-order valence-corrected chi connectivity index (χ4v) is 6.22. The molecule has 0 spiro atoms. The van der Waals surface area contributed by atoms with Crippen molar-refractivity contribution in [2.24, 2.45) is 0 Å². The number of thioether (sulfide) groups is 4. The Morgan fingerprint density at radius 1 is 0.619 bits per heavy atom. The van der Waals surface area contributed by atoms with Crippen LogP contribution in [0.3, 0.4) is 0 Å². The van der Waals surface area contributed by atoms with Crippen molar-refractivity contribution in [1.29, 1.82) is 0 Å². The van der Waals surface area contributed by atoms with E-state index in [-0.39, 0.29) is 0 Å². The molecule has 2 aliphatic rings. The highest BCUT2D eigenvalue weighted by Crippen LogP contribution is 2.45. The Hall–Kier alpha value is 0.190. The minimum absolute atomic E-state index is 0.804. The van der Waals surface area contributed by atoms with Gasteiger partial charge in [0, 0.05) is 31.1 Å². The Kier molecular flexibility index (Phi) is 4.74. The second-order valence-electron chi connectivity index (χ2n) is 4.81. The number of benzene rings is 2. The van der Waals surface area contributed by atoms with Gasteiger partial charge in [0.1, 0.15) is 0 Å². The summed E-state index contributed by atoms with van der Waals surface area (Å²) in [7, 11) is 0. The van der Waals surface area contributed by atoms with Crippen molar-refractivity contribution in [2.45, 2.75) is 28.7 Å². The molecule has 0 aromatic heterocycles. The van der Waals surface area contributed by atoms with Crippen LogP contribution in [0, 0.1) is 0 Å². The molecule has 2 saturated heterocycles. The zero-order valence-corrected chi connectivity index (χ0v) is 15.3. The van der Waals surface area contributed by atoms with Gasteiger partial charge in [-0.1, -0.05) is 11.8 Å². The van der Waals surface area contributed by atoms with Gasteiger partial charge in [-0.2, -0.15) is 0 Å². The quantitative estimate of drug-likeness (QED) is 0.559. The molecule has 2 atom stereocenters. The Bertz CT molecular complexity index is 544. The summed E-state index contributed by atoms with van der Waals surface area (Å²) in [5, 5.41) is 0. The summed E-state index contributed by atoms with van der Waals surface area (Å²) in [5.74, 6) is 2.62. The third-order valence-corrected chi connectivity index (χ3v) is 9.08. The predicted molar refractivity (Wildman–Crippen MR) is 101 cm³/mol. The number of rotatable bonds is 6. The van der Waals surface area contributed by atoms with Gasteiger partial charge in [0.05, 0.1) is 9.16 Å². The van der Waals surface area contributed by atoms with Gasteiger partial charge < -0.3 is 0 Å². The van der Waals surface area contributed by atoms with Crippen LogP contribution in [0.4, 0.5) is 0 Å². The van der Waals surface area contributed by atoms with Crippen molar-refractivity contribution in [2.75, 3.05) is 11.5 Å². The summed E-state index contributed by atoms with van der Waals surface area (Å²) in [5.41, 5.74) is 0. The molecule has 21 heavy (non-hydrogen) atoms. The lowest BCUT2D eigenvalue weighted by molar-refractivity contribution is 1.31. The molecule has 2 aliphatic heterocycles. The van der Waals surface area contributed by atoms with E-state index >= 15 is 0 Å². The lowest BCUT2D eigenvalue weighted by Gasteiger charge is -2.05. The summed E-state index contributed by atoms with van der Waals surface area (Å²) in [6.07, 6.45) is 0. The topological polar surface area (TPSA) is 0 Å². The van der Waals surface area contributed by atoms with Crippen LogP contribution in [0.5, 0.6) is 0 Å². The molecule has 0 aliphatic carbocycles. The number of hydrogen-bond acceptors (Lipinski definition) is 5. The fraction of sp³-hybridized carbons (Fsp3) is 0.250. The Balaban J connectivity index is 1.37. The maximum absolute atomic E-state index is 2.25. The van der Waals surface area contributed by atoms with Crippen LogP contribution in [0.1, 0.15) is 0 Å². The lowest BCUT2D eigenvalue weighted by atomic mass is 10.4. The van der Waals surface area contributed by atoms with Gasteiger partial charge >= 0.3 is 0 Å². The summed E-state index contributed by atoms with van der Waals surface area (Å²) in [6.45, 7) is 0. The van der Waals surface area contributed by atoms with Crippen molar-refractivity contribution in [3.63, 3.8) is 0 Å². The molecule has 0 nitrogen and oxygen atoms in total. The molecule has 2 unspecified atom stereocenters. The summed E-state index contributed by atoms with van der Waals surface area (Å²) >= 11 is 9.89. The Morgan fingerprint density at radius 3 is 1.29 bits per heavy atom. The standard InChI is InChI=1S/C16H14S5/c1-5-13(20-15-9-17-15)6-2-11(1)19-12-3-7-14(8-4-12)21-16-10-18-16/h1-8,15-16H,9-10H2. The highest BCUT2D eigenvalue weighted by Gasteiger charge is 2.24. The van der Waals surface area contributed by atoms with Crippen molar-refractivity contribution >= 4 is 58.8 Å². The highest BCUT2D eigenvalue weighted by atomic mass is 32.2. The second-order valence-corrected chi connectivity index (χ2v) is 11.6. The van der Waals surface area contributed by atoms with E-state index in [1.807, 2.05) is 58.8 Å². The van der Waals surface area contributed by atoms with E-state index in [1.165, 1.54) is 31.1 Å². The molecule has 2 aromatic carbocycles. The van der Waals surface area contributed by atoms with Crippen molar-refractivity contribution in [3.8, 4) is 0 Å². The molecule has 4 rings (SSSR count). The van der Waals surface area contributed by atoms with Crippen molar-refractivity contribution < 1.29 is 0 Å². The lowest BCUT2D eigenvalue weighted by Crippen LogP contribution is -1.79. The van der Waals surface area contributed by atoms with Gasteiger partial charge in [-0.3, -0.25) is 0 Å². The Morgan fingerprint density at radius 2 is 0.952 bits per heavy atom. The smallest absolute Gasteiger partial charge is 0.0641 e. The van der Waals surface area contributed by atoms with Crippen LogP contribution in [0.25, 0.3) is 0 Å². The predicted octanol–water partition coefficient (Wildman–Crippen LogP) is 6.17. The first-order chi connectivity index (χ1) is 10.3. The molecule has 2 aromatic rings. The summed E-state index contributed by atoms with van der Waals surface area (Å²) < 4.78 is 1.61. The molecule has 0 saturated carbocycles. The van der Waals surface area contributed by atoms with Crippen molar-refractivity contribution in [1.82, 2.24) is 0 Å². The van der Waals surface area contributed by atoms with E-state index < -0.39 is 0 Å².